The normalized spacial score (nSPS) is 15.9. The van der Waals surface area contributed by atoms with Crippen LogP contribution >= 0.6 is 11.6 Å². The first-order valence-corrected chi connectivity index (χ1v) is 15.4. The Hall–Kier alpha value is -3.99. The fraction of sp³-hybridized carbons (Fsp3) is 0.310. The lowest BCUT2D eigenvalue weighted by Crippen LogP contribution is -2.28. The summed E-state index contributed by atoms with van der Waals surface area (Å²) in [5.74, 6) is 5.83. The van der Waals surface area contributed by atoms with Gasteiger partial charge in [-0.1, -0.05) is 29.7 Å². The number of aromatic nitrogens is 4. The summed E-state index contributed by atoms with van der Waals surface area (Å²) in [5, 5.41) is 4.62. The molecular formula is C29H26ClF3N6O3S. The second kappa shape index (κ2) is 11.6. The first-order chi connectivity index (χ1) is 20.2. The number of hydrogen-bond acceptors (Lipinski definition) is 7. The highest BCUT2D eigenvalue weighted by Gasteiger charge is 2.34. The monoisotopic (exact) mass is 630 g/mol. The van der Waals surface area contributed by atoms with E-state index in [0.717, 1.165) is 17.7 Å². The molecule has 2 aromatic carbocycles. The van der Waals surface area contributed by atoms with Crippen LogP contribution in [0, 0.1) is 24.7 Å². The number of nitrogens with two attached hydrogens (primary N) is 1. The number of fused-ring (bicyclic) bond motifs is 1. The summed E-state index contributed by atoms with van der Waals surface area (Å²) in [7, 11) is -3.29. The minimum Gasteiger partial charge on any atom is -0.383 e. The Labute approximate surface area is 250 Å². The van der Waals surface area contributed by atoms with Crippen molar-refractivity contribution in [2.24, 2.45) is 5.92 Å². The molecule has 1 atom stereocenters. The molecule has 3 heterocycles. The first-order valence-electron chi connectivity index (χ1n) is 13.1. The fourth-order valence-corrected chi connectivity index (χ4v) is 6.12. The minimum atomic E-state index is -4.68. The van der Waals surface area contributed by atoms with Crippen LogP contribution in [0.2, 0.25) is 5.02 Å². The van der Waals surface area contributed by atoms with Gasteiger partial charge in [0.05, 0.1) is 22.2 Å². The molecule has 0 spiro atoms. The van der Waals surface area contributed by atoms with E-state index in [1.807, 2.05) is 6.92 Å². The molecule has 1 aliphatic rings. The van der Waals surface area contributed by atoms with E-state index in [-0.39, 0.29) is 23.7 Å². The van der Waals surface area contributed by atoms with Crippen molar-refractivity contribution >= 4 is 44.3 Å². The van der Waals surface area contributed by atoms with Crippen LogP contribution in [-0.4, -0.2) is 57.6 Å². The number of rotatable bonds is 6. The zero-order valence-corrected chi connectivity index (χ0v) is 24.7. The predicted octanol–water partition coefficient (Wildman–Crippen LogP) is 4.50. The lowest BCUT2D eigenvalue weighted by atomic mass is 9.98. The molecule has 0 bridgehead atoms. The summed E-state index contributed by atoms with van der Waals surface area (Å²) >= 11 is 5.69. The van der Waals surface area contributed by atoms with E-state index in [2.05, 4.69) is 26.9 Å². The number of benzene rings is 2. The molecule has 224 valence electrons. The van der Waals surface area contributed by atoms with Crippen LogP contribution in [0.1, 0.15) is 44.7 Å². The van der Waals surface area contributed by atoms with Gasteiger partial charge in [0, 0.05) is 37.2 Å². The molecule has 2 N–H and O–H groups in total. The summed E-state index contributed by atoms with van der Waals surface area (Å²) in [5.41, 5.74) is 7.79. The molecule has 1 fully saturated rings. The highest BCUT2D eigenvalue weighted by atomic mass is 35.5. The maximum absolute atomic E-state index is 13.3. The molecule has 2 aromatic heterocycles. The van der Waals surface area contributed by atoms with E-state index in [4.69, 9.17) is 17.3 Å². The minimum absolute atomic E-state index is 0.0270. The lowest BCUT2D eigenvalue weighted by Gasteiger charge is -2.13. The number of ketones is 1. The Morgan fingerprint density at radius 1 is 1.16 bits per heavy atom. The smallest absolute Gasteiger partial charge is 0.383 e. The third kappa shape index (κ3) is 6.66. The molecule has 1 saturated heterocycles. The number of sulfonamides is 1. The molecule has 43 heavy (non-hydrogen) atoms. The number of carbonyl (C=O) groups excluding carboxylic acids is 1. The summed E-state index contributed by atoms with van der Waals surface area (Å²) in [4.78, 5) is 21.3. The first kappa shape index (κ1) is 30.5. The number of Topliss-reactive ketones (excluding diaryl/α,β-unsaturated/α-hetero) is 1. The van der Waals surface area contributed by atoms with Crippen LogP contribution in [0.3, 0.4) is 0 Å². The molecular weight excluding hydrogens is 605 g/mol. The Morgan fingerprint density at radius 3 is 2.63 bits per heavy atom. The van der Waals surface area contributed by atoms with Gasteiger partial charge in [-0.25, -0.2) is 27.4 Å². The molecule has 0 radical (unpaired) electrons. The van der Waals surface area contributed by atoms with E-state index in [9.17, 15) is 26.4 Å². The molecule has 1 unspecified atom stereocenters. The Bertz CT molecular complexity index is 1910. The van der Waals surface area contributed by atoms with Gasteiger partial charge in [-0.05, 0) is 60.6 Å². The van der Waals surface area contributed by atoms with Crippen LogP contribution in [0.15, 0.2) is 42.7 Å². The average molecular weight is 631 g/mol. The number of aryl methyl sites for hydroxylation is 1. The van der Waals surface area contributed by atoms with E-state index in [1.54, 1.807) is 22.9 Å². The topological polar surface area (TPSA) is 124 Å². The summed E-state index contributed by atoms with van der Waals surface area (Å²) in [6, 6.07) is 8.30. The van der Waals surface area contributed by atoms with Gasteiger partial charge in [-0.15, -0.1) is 0 Å². The van der Waals surface area contributed by atoms with Crippen molar-refractivity contribution in [3.63, 3.8) is 0 Å². The largest absolute Gasteiger partial charge is 0.417 e. The summed E-state index contributed by atoms with van der Waals surface area (Å²) in [6.45, 7) is 3.07. The zero-order chi connectivity index (χ0) is 31.1. The number of nitrogens with zero attached hydrogens (tertiary/aromatic N) is 5. The molecule has 4 aromatic rings. The Morgan fingerprint density at radius 2 is 1.93 bits per heavy atom. The quantitative estimate of drug-likeness (QED) is 0.246. The van der Waals surface area contributed by atoms with Crippen molar-refractivity contribution in [2.75, 3.05) is 25.1 Å². The fourth-order valence-electron chi connectivity index (χ4n) is 4.98. The van der Waals surface area contributed by atoms with Gasteiger partial charge in [-0.2, -0.15) is 18.3 Å². The van der Waals surface area contributed by atoms with Crippen molar-refractivity contribution in [3.05, 3.63) is 81.3 Å². The van der Waals surface area contributed by atoms with Gasteiger partial charge in [0.1, 0.15) is 17.8 Å². The van der Waals surface area contributed by atoms with Gasteiger partial charge in [0.15, 0.2) is 11.4 Å². The van der Waals surface area contributed by atoms with Gasteiger partial charge in [-0.3, -0.25) is 4.79 Å². The number of halogens is 4. The van der Waals surface area contributed by atoms with E-state index >= 15 is 0 Å². The third-order valence-corrected chi connectivity index (χ3v) is 8.88. The van der Waals surface area contributed by atoms with Gasteiger partial charge < -0.3 is 5.73 Å². The van der Waals surface area contributed by atoms with Crippen molar-refractivity contribution in [3.8, 4) is 11.8 Å². The number of alkyl halides is 3. The molecule has 9 nitrogen and oxygen atoms in total. The van der Waals surface area contributed by atoms with Crippen LogP contribution in [0.4, 0.5) is 19.0 Å². The van der Waals surface area contributed by atoms with Crippen LogP contribution in [0.5, 0.6) is 0 Å². The molecule has 1 aliphatic heterocycles. The van der Waals surface area contributed by atoms with Crippen LogP contribution < -0.4 is 5.73 Å². The number of nitrogen functional groups attached to an aromatic ring is 1. The second-order valence-corrected chi connectivity index (χ2v) is 12.8. The standard InChI is InChI=1S/C29H26ClF3N6O3S/c1-17-3-4-18(12-25(40)21-5-7-23(30)22(13-21)29(31,32)33)11-20(17)6-8-24-26-27(34)35-16-36-28(26)39(37-24)15-19-9-10-38(14-19)43(2,41)42/h3-5,7,11,13,16,19H,9-10,12,14-15H2,1-2H3,(H2,34,35,36). The van der Waals surface area contributed by atoms with Gasteiger partial charge in [0.2, 0.25) is 10.0 Å². The summed E-state index contributed by atoms with van der Waals surface area (Å²) in [6.07, 6.45) is -1.63. The molecule has 14 heteroatoms. The number of anilines is 1. The van der Waals surface area contributed by atoms with Crippen molar-refractivity contribution in [1.29, 1.82) is 0 Å². The summed E-state index contributed by atoms with van der Waals surface area (Å²) < 4.78 is 66.8. The molecule has 0 aliphatic carbocycles. The molecule has 0 amide bonds. The maximum atomic E-state index is 13.3. The number of hydrogen-bond donors (Lipinski definition) is 1. The SMILES string of the molecule is Cc1ccc(CC(=O)c2ccc(Cl)c(C(F)(F)F)c2)cc1C#Cc1nn(CC2CCN(S(C)(=O)=O)C2)c2ncnc(N)c12. The van der Waals surface area contributed by atoms with E-state index in [0.29, 0.717) is 53.9 Å². The molecule has 5 rings (SSSR count). The van der Waals surface area contributed by atoms with Gasteiger partial charge >= 0.3 is 6.18 Å². The van der Waals surface area contributed by atoms with E-state index in [1.165, 1.54) is 23.0 Å². The lowest BCUT2D eigenvalue weighted by molar-refractivity contribution is -0.137. The maximum Gasteiger partial charge on any atom is 0.417 e. The third-order valence-electron chi connectivity index (χ3n) is 7.28. The van der Waals surface area contributed by atoms with Crippen molar-refractivity contribution < 1.29 is 26.4 Å². The zero-order valence-electron chi connectivity index (χ0n) is 23.1. The molecule has 0 saturated carbocycles. The van der Waals surface area contributed by atoms with Gasteiger partial charge in [0.25, 0.3) is 0 Å². The predicted molar refractivity (Wildman–Crippen MR) is 156 cm³/mol. The second-order valence-electron chi connectivity index (χ2n) is 10.5. The highest BCUT2D eigenvalue weighted by molar-refractivity contribution is 7.88. The highest BCUT2D eigenvalue weighted by Crippen LogP contribution is 2.35. The van der Waals surface area contributed by atoms with Crippen molar-refractivity contribution in [2.45, 2.75) is 32.5 Å². The Kier molecular flexibility index (Phi) is 8.22. The van der Waals surface area contributed by atoms with E-state index < -0.39 is 32.6 Å². The van der Waals surface area contributed by atoms with Crippen LogP contribution in [-0.2, 0) is 29.2 Å². The van der Waals surface area contributed by atoms with Crippen molar-refractivity contribution in [1.82, 2.24) is 24.1 Å². The Balaban J connectivity index is 1.41. The van der Waals surface area contributed by atoms with Crippen LogP contribution in [0.25, 0.3) is 11.0 Å². The average Bonchev–Trinajstić information content (AvgIpc) is 3.54. The number of carbonyl (C=O) groups is 1.